The van der Waals surface area contributed by atoms with E-state index in [0.29, 0.717) is 11.8 Å². The Morgan fingerprint density at radius 1 is 1.38 bits per heavy atom. The topological polar surface area (TPSA) is 62.5 Å². The molecule has 2 rings (SSSR count). The van der Waals surface area contributed by atoms with Gasteiger partial charge in [-0.25, -0.2) is 4.79 Å². The summed E-state index contributed by atoms with van der Waals surface area (Å²) in [6.07, 6.45) is 6.50. The summed E-state index contributed by atoms with van der Waals surface area (Å²) < 4.78 is 5.13. The van der Waals surface area contributed by atoms with E-state index >= 15 is 0 Å². The number of anilines is 1. The fourth-order valence-corrected chi connectivity index (χ4v) is 2.18. The lowest BCUT2D eigenvalue weighted by Crippen LogP contribution is -2.16. The number of furan rings is 1. The molecule has 1 aliphatic rings. The van der Waals surface area contributed by atoms with Gasteiger partial charge in [-0.3, -0.25) is 0 Å². The molecule has 0 atom stereocenters. The van der Waals surface area contributed by atoms with Crippen LogP contribution in [0.1, 0.15) is 42.7 Å². The Morgan fingerprint density at radius 2 is 2.12 bits per heavy atom. The minimum atomic E-state index is -1.02. The monoisotopic (exact) mass is 223 g/mol. The van der Waals surface area contributed by atoms with E-state index in [2.05, 4.69) is 5.32 Å². The SMILES string of the molecule is O=C(O)c1ccc(NCC2CCCCC2)o1. The van der Waals surface area contributed by atoms with E-state index in [1.807, 2.05) is 0 Å². The zero-order chi connectivity index (χ0) is 11.4. The van der Waals surface area contributed by atoms with Crippen LogP contribution in [-0.2, 0) is 0 Å². The molecule has 0 saturated heterocycles. The molecule has 1 fully saturated rings. The molecule has 0 amide bonds. The average Bonchev–Trinajstić information content (AvgIpc) is 2.76. The van der Waals surface area contributed by atoms with Gasteiger partial charge < -0.3 is 14.8 Å². The highest BCUT2D eigenvalue weighted by atomic mass is 16.4. The van der Waals surface area contributed by atoms with Crippen LogP contribution in [0, 0.1) is 5.92 Å². The zero-order valence-corrected chi connectivity index (χ0v) is 9.24. The molecule has 1 aromatic heterocycles. The van der Waals surface area contributed by atoms with Crippen LogP contribution < -0.4 is 5.32 Å². The minimum Gasteiger partial charge on any atom is -0.475 e. The minimum absolute atomic E-state index is 0.00820. The number of aromatic carboxylic acids is 1. The number of nitrogens with one attached hydrogen (secondary N) is 1. The van der Waals surface area contributed by atoms with Crippen molar-refractivity contribution in [2.45, 2.75) is 32.1 Å². The summed E-state index contributed by atoms with van der Waals surface area (Å²) in [5.41, 5.74) is 0. The third-order valence-electron chi connectivity index (χ3n) is 3.11. The zero-order valence-electron chi connectivity index (χ0n) is 9.24. The first kappa shape index (κ1) is 11.0. The molecule has 4 heteroatoms. The molecule has 0 aromatic carbocycles. The molecule has 1 aromatic rings. The molecule has 0 unspecified atom stereocenters. The van der Waals surface area contributed by atoms with E-state index in [-0.39, 0.29) is 5.76 Å². The third kappa shape index (κ3) is 2.78. The van der Waals surface area contributed by atoms with Crippen molar-refractivity contribution in [1.29, 1.82) is 0 Å². The smallest absolute Gasteiger partial charge is 0.371 e. The van der Waals surface area contributed by atoms with E-state index in [0.717, 1.165) is 6.54 Å². The second-order valence-corrected chi connectivity index (χ2v) is 4.35. The first-order valence-corrected chi connectivity index (χ1v) is 5.82. The van der Waals surface area contributed by atoms with Crippen LogP contribution in [0.3, 0.4) is 0 Å². The highest BCUT2D eigenvalue weighted by Crippen LogP contribution is 2.24. The number of rotatable bonds is 4. The van der Waals surface area contributed by atoms with Crippen LogP contribution in [0.15, 0.2) is 16.5 Å². The summed E-state index contributed by atoms with van der Waals surface area (Å²) in [4.78, 5) is 10.6. The summed E-state index contributed by atoms with van der Waals surface area (Å²) in [5.74, 6) is 0.229. The molecule has 4 nitrogen and oxygen atoms in total. The van der Waals surface area contributed by atoms with E-state index in [4.69, 9.17) is 9.52 Å². The Hall–Kier alpha value is -1.45. The van der Waals surface area contributed by atoms with Gasteiger partial charge in [-0.15, -0.1) is 0 Å². The van der Waals surface area contributed by atoms with Crippen molar-refractivity contribution < 1.29 is 14.3 Å². The summed E-state index contributed by atoms with van der Waals surface area (Å²) in [6.45, 7) is 0.882. The van der Waals surface area contributed by atoms with Gasteiger partial charge >= 0.3 is 5.97 Å². The Bertz CT molecular complexity index is 353. The Labute approximate surface area is 94.6 Å². The first-order chi connectivity index (χ1) is 7.75. The van der Waals surface area contributed by atoms with Gasteiger partial charge in [0, 0.05) is 12.6 Å². The van der Waals surface area contributed by atoms with E-state index in [1.54, 1.807) is 6.07 Å². The first-order valence-electron chi connectivity index (χ1n) is 5.82. The largest absolute Gasteiger partial charge is 0.475 e. The van der Waals surface area contributed by atoms with Crippen molar-refractivity contribution in [2.24, 2.45) is 5.92 Å². The molecule has 1 heterocycles. The lowest BCUT2D eigenvalue weighted by atomic mass is 9.89. The van der Waals surface area contributed by atoms with Gasteiger partial charge in [-0.05, 0) is 24.8 Å². The van der Waals surface area contributed by atoms with Crippen LogP contribution in [0.2, 0.25) is 0 Å². The average molecular weight is 223 g/mol. The molecule has 1 aliphatic carbocycles. The van der Waals surface area contributed by atoms with E-state index in [9.17, 15) is 4.79 Å². The number of hydrogen-bond donors (Lipinski definition) is 2. The number of hydrogen-bond acceptors (Lipinski definition) is 3. The highest BCUT2D eigenvalue weighted by Gasteiger charge is 2.14. The summed E-state index contributed by atoms with van der Waals surface area (Å²) in [7, 11) is 0. The molecule has 0 aliphatic heterocycles. The van der Waals surface area contributed by atoms with Crippen molar-refractivity contribution in [3.8, 4) is 0 Å². The molecule has 0 radical (unpaired) electrons. The van der Waals surface area contributed by atoms with Crippen molar-refractivity contribution in [2.75, 3.05) is 11.9 Å². The fraction of sp³-hybridized carbons (Fsp3) is 0.583. The van der Waals surface area contributed by atoms with Crippen LogP contribution >= 0.6 is 0 Å². The molecule has 1 saturated carbocycles. The highest BCUT2D eigenvalue weighted by molar-refractivity contribution is 5.84. The lowest BCUT2D eigenvalue weighted by Gasteiger charge is -2.21. The maximum Gasteiger partial charge on any atom is 0.371 e. The van der Waals surface area contributed by atoms with Gasteiger partial charge in [0.1, 0.15) is 0 Å². The van der Waals surface area contributed by atoms with Gasteiger partial charge in [-0.1, -0.05) is 19.3 Å². The third-order valence-corrected chi connectivity index (χ3v) is 3.11. The molecule has 2 N–H and O–H groups in total. The molecule has 88 valence electrons. The van der Waals surface area contributed by atoms with Crippen LogP contribution in [0.4, 0.5) is 5.88 Å². The number of carboxylic acids is 1. The second-order valence-electron chi connectivity index (χ2n) is 4.35. The fourth-order valence-electron chi connectivity index (χ4n) is 2.18. The normalized spacial score (nSPS) is 17.2. The van der Waals surface area contributed by atoms with Crippen LogP contribution in [0.5, 0.6) is 0 Å². The number of carbonyl (C=O) groups is 1. The van der Waals surface area contributed by atoms with Crippen molar-refractivity contribution >= 4 is 11.9 Å². The Kier molecular flexibility index (Phi) is 3.49. The molecule has 0 spiro atoms. The van der Waals surface area contributed by atoms with Gasteiger partial charge in [0.2, 0.25) is 5.76 Å². The van der Waals surface area contributed by atoms with Crippen LogP contribution in [0.25, 0.3) is 0 Å². The predicted octanol–water partition coefficient (Wildman–Crippen LogP) is 2.97. The lowest BCUT2D eigenvalue weighted by molar-refractivity contribution is 0.0663. The predicted molar refractivity (Wildman–Crippen MR) is 60.7 cm³/mol. The van der Waals surface area contributed by atoms with E-state index in [1.165, 1.54) is 38.2 Å². The maximum atomic E-state index is 10.6. The second kappa shape index (κ2) is 5.05. The molecule has 16 heavy (non-hydrogen) atoms. The standard InChI is InChI=1S/C12H17NO3/c14-12(15)10-6-7-11(16-10)13-8-9-4-2-1-3-5-9/h6-7,9,13H,1-5,8H2,(H,14,15). The Morgan fingerprint density at radius 3 is 2.75 bits per heavy atom. The van der Waals surface area contributed by atoms with E-state index < -0.39 is 5.97 Å². The molecule has 0 bridgehead atoms. The maximum absolute atomic E-state index is 10.6. The quantitative estimate of drug-likeness (QED) is 0.823. The van der Waals surface area contributed by atoms with Crippen molar-refractivity contribution in [3.63, 3.8) is 0 Å². The van der Waals surface area contributed by atoms with Gasteiger partial charge in [0.25, 0.3) is 0 Å². The number of carboxylic acid groups (broad SMARTS) is 1. The van der Waals surface area contributed by atoms with Gasteiger partial charge in [0.15, 0.2) is 5.88 Å². The summed E-state index contributed by atoms with van der Waals surface area (Å²) in [6, 6.07) is 3.15. The summed E-state index contributed by atoms with van der Waals surface area (Å²) >= 11 is 0. The molecular weight excluding hydrogens is 206 g/mol. The Balaban J connectivity index is 1.81. The van der Waals surface area contributed by atoms with Gasteiger partial charge in [0.05, 0.1) is 0 Å². The summed E-state index contributed by atoms with van der Waals surface area (Å²) in [5, 5.41) is 11.9. The van der Waals surface area contributed by atoms with Gasteiger partial charge in [-0.2, -0.15) is 0 Å². The van der Waals surface area contributed by atoms with Crippen LogP contribution in [-0.4, -0.2) is 17.6 Å². The van der Waals surface area contributed by atoms with Crippen molar-refractivity contribution in [3.05, 3.63) is 17.9 Å². The molecular formula is C12H17NO3. The van der Waals surface area contributed by atoms with Crippen molar-refractivity contribution in [1.82, 2.24) is 0 Å².